The van der Waals surface area contributed by atoms with Crippen LogP contribution in [-0.2, 0) is 16.0 Å². The molecule has 2 fully saturated rings. The largest absolute Gasteiger partial charge is 0.348 e. The van der Waals surface area contributed by atoms with Crippen LogP contribution >= 0.6 is 0 Å². The fourth-order valence-electron chi connectivity index (χ4n) is 4.87. The molecule has 5 nitrogen and oxygen atoms in total. The summed E-state index contributed by atoms with van der Waals surface area (Å²) in [4.78, 5) is 34.2. The van der Waals surface area contributed by atoms with E-state index in [0.717, 1.165) is 42.5 Å². The smallest absolute Gasteiger partial charge is 0.230 e. The number of nitrogens with zero attached hydrogens (tertiary/aromatic N) is 3. The summed E-state index contributed by atoms with van der Waals surface area (Å²) in [7, 11) is 3.64. The molecule has 0 radical (unpaired) electrons. The van der Waals surface area contributed by atoms with E-state index in [-0.39, 0.29) is 17.7 Å². The van der Waals surface area contributed by atoms with Crippen molar-refractivity contribution in [2.45, 2.75) is 32.6 Å². The summed E-state index contributed by atoms with van der Waals surface area (Å²) < 4.78 is 0. The maximum Gasteiger partial charge on any atom is 0.230 e. The van der Waals surface area contributed by atoms with E-state index in [4.69, 9.17) is 0 Å². The highest BCUT2D eigenvalue weighted by molar-refractivity contribution is 5.86. The van der Waals surface area contributed by atoms with E-state index in [2.05, 4.69) is 30.1 Å². The maximum absolute atomic E-state index is 13.4. The first-order valence-electron chi connectivity index (χ1n) is 10.9. The van der Waals surface area contributed by atoms with Gasteiger partial charge in [-0.2, -0.15) is 0 Å². The number of hydrogen-bond donors (Lipinski definition) is 0. The fraction of sp³-hybridized carbons (Fsp3) is 0.480. The molecular formula is C25H31N3O2. The van der Waals surface area contributed by atoms with Crippen LogP contribution in [0.15, 0.2) is 48.8 Å². The second-order valence-electron chi connectivity index (χ2n) is 9.28. The molecule has 30 heavy (non-hydrogen) atoms. The van der Waals surface area contributed by atoms with Gasteiger partial charge in [0.25, 0.3) is 0 Å². The van der Waals surface area contributed by atoms with Crippen molar-refractivity contribution in [2.24, 2.45) is 17.3 Å². The normalized spacial score (nSPS) is 25.6. The number of rotatable bonds is 5. The van der Waals surface area contributed by atoms with E-state index in [1.54, 1.807) is 11.1 Å². The van der Waals surface area contributed by atoms with Gasteiger partial charge in [-0.05, 0) is 54.4 Å². The van der Waals surface area contributed by atoms with Gasteiger partial charge in [-0.25, -0.2) is 0 Å². The minimum atomic E-state index is -0.566. The van der Waals surface area contributed by atoms with Crippen LogP contribution in [0.25, 0.3) is 11.1 Å². The third-order valence-electron chi connectivity index (χ3n) is 6.64. The lowest BCUT2D eigenvalue weighted by atomic mass is 9.73. The van der Waals surface area contributed by atoms with Crippen molar-refractivity contribution in [3.8, 4) is 11.1 Å². The molecule has 1 aliphatic heterocycles. The van der Waals surface area contributed by atoms with Crippen LogP contribution in [0.4, 0.5) is 0 Å². The van der Waals surface area contributed by atoms with Crippen molar-refractivity contribution < 1.29 is 9.59 Å². The number of carbonyl (C=O) groups is 2. The van der Waals surface area contributed by atoms with Crippen LogP contribution in [-0.4, -0.2) is 53.8 Å². The Morgan fingerprint density at radius 1 is 1.20 bits per heavy atom. The number of benzene rings is 1. The summed E-state index contributed by atoms with van der Waals surface area (Å²) in [5.74, 6) is 0.997. The Hall–Kier alpha value is -2.69. The third-order valence-corrected chi connectivity index (χ3v) is 6.64. The topological polar surface area (TPSA) is 53.5 Å². The molecule has 1 aliphatic carbocycles. The second-order valence-corrected chi connectivity index (χ2v) is 9.28. The van der Waals surface area contributed by atoms with Crippen LogP contribution in [0.5, 0.6) is 0 Å². The van der Waals surface area contributed by atoms with Crippen molar-refractivity contribution in [1.29, 1.82) is 0 Å². The van der Waals surface area contributed by atoms with E-state index in [9.17, 15) is 9.59 Å². The monoisotopic (exact) mass is 405 g/mol. The molecule has 2 aliphatic rings. The summed E-state index contributed by atoms with van der Waals surface area (Å²) in [5.41, 5.74) is 2.73. The summed E-state index contributed by atoms with van der Waals surface area (Å²) in [6.07, 6.45) is 6.93. The Bertz CT molecular complexity index is 927. The van der Waals surface area contributed by atoms with Crippen LogP contribution in [0.1, 0.15) is 31.7 Å². The highest BCUT2D eigenvalue weighted by atomic mass is 16.2. The van der Waals surface area contributed by atoms with Crippen molar-refractivity contribution in [3.63, 3.8) is 0 Å². The van der Waals surface area contributed by atoms with Gasteiger partial charge in [0, 0.05) is 45.5 Å². The molecule has 3 atom stereocenters. The van der Waals surface area contributed by atoms with Gasteiger partial charge in [0.05, 0.1) is 5.41 Å². The van der Waals surface area contributed by atoms with Crippen LogP contribution < -0.4 is 0 Å². The van der Waals surface area contributed by atoms with Crippen molar-refractivity contribution in [2.75, 3.05) is 27.2 Å². The second kappa shape index (κ2) is 8.21. The zero-order chi connectivity index (χ0) is 21.3. The van der Waals surface area contributed by atoms with E-state index in [1.165, 1.54) is 0 Å². The molecule has 1 aromatic heterocycles. The van der Waals surface area contributed by atoms with Crippen molar-refractivity contribution in [3.05, 3.63) is 54.4 Å². The first-order valence-corrected chi connectivity index (χ1v) is 10.9. The SMILES string of the molecule is C[C@@H]1C[C@@H]1C(=O)N1CCC[C@@](Cc2cccc(-c3cccnc3)c2)(C(=O)N(C)C)C1. The zero-order valence-corrected chi connectivity index (χ0v) is 18.2. The maximum atomic E-state index is 13.4. The first kappa shape index (κ1) is 20.6. The molecule has 1 aromatic carbocycles. The number of aromatic nitrogens is 1. The van der Waals surface area contributed by atoms with Crippen LogP contribution in [0, 0.1) is 17.3 Å². The molecule has 1 saturated carbocycles. The summed E-state index contributed by atoms with van der Waals surface area (Å²) >= 11 is 0. The molecule has 158 valence electrons. The number of carbonyl (C=O) groups excluding carboxylic acids is 2. The van der Waals surface area contributed by atoms with Gasteiger partial charge < -0.3 is 9.80 Å². The lowest BCUT2D eigenvalue weighted by Crippen LogP contribution is -2.54. The molecule has 0 spiro atoms. The quantitative estimate of drug-likeness (QED) is 0.763. The average molecular weight is 406 g/mol. The summed E-state index contributed by atoms with van der Waals surface area (Å²) in [5, 5.41) is 0. The van der Waals surface area contributed by atoms with Crippen molar-refractivity contribution in [1.82, 2.24) is 14.8 Å². The van der Waals surface area contributed by atoms with Gasteiger partial charge in [0.2, 0.25) is 11.8 Å². The molecule has 2 heterocycles. The van der Waals surface area contributed by atoms with Crippen molar-refractivity contribution >= 4 is 11.8 Å². The van der Waals surface area contributed by atoms with Gasteiger partial charge in [-0.15, -0.1) is 0 Å². The molecule has 0 N–H and O–H groups in total. The predicted octanol–water partition coefficient (Wildman–Crippen LogP) is 3.64. The molecule has 0 bridgehead atoms. The summed E-state index contributed by atoms with van der Waals surface area (Å²) in [6, 6.07) is 12.3. The Kier molecular flexibility index (Phi) is 5.63. The summed E-state index contributed by atoms with van der Waals surface area (Å²) in [6.45, 7) is 3.41. The van der Waals surface area contributed by atoms with E-state index in [0.29, 0.717) is 18.9 Å². The van der Waals surface area contributed by atoms with Crippen LogP contribution in [0.3, 0.4) is 0 Å². The van der Waals surface area contributed by atoms with E-state index >= 15 is 0 Å². The molecule has 0 unspecified atom stereocenters. The fourth-order valence-corrected chi connectivity index (χ4v) is 4.87. The highest BCUT2D eigenvalue weighted by Gasteiger charge is 2.48. The number of hydrogen-bond acceptors (Lipinski definition) is 3. The predicted molar refractivity (Wildman–Crippen MR) is 118 cm³/mol. The minimum Gasteiger partial charge on any atom is -0.348 e. The standard InChI is InChI=1S/C25H31N3O2/c1-18-13-22(18)23(29)28-12-6-10-25(17-28,24(30)27(2)3)15-19-7-4-8-20(14-19)21-9-5-11-26-16-21/h4-5,7-9,11,14,16,18,22H,6,10,12-13,15,17H2,1-3H3/t18-,22+,25+/m1/s1. The highest BCUT2D eigenvalue weighted by Crippen LogP contribution is 2.42. The molecule has 2 aromatic rings. The van der Waals surface area contributed by atoms with Gasteiger partial charge in [0.15, 0.2) is 0 Å². The molecule has 2 amide bonds. The van der Waals surface area contributed by atoms with Gasteiger partial charge >= 0.3 is 0 Å². The van der Waals surface area contributed by atoms with Gasteiger partial charge in [-0.3, -0.25) is 14.6 Å². The first-order chi connectivity index (χ1) is 14.4. The lowest BCUT2D eigenvalue weighted by molar-refractivity contribution is -0.147. The Balaban J connectivity index is 1.62. The number of amides is 2. The average Bonchev–Trinajstić information content (AvgIpc) is 3.50. The molecule has 4 rings (SSSR count). The molecule has 5 heteroatoms. The molecule has 1 saturated heterocycles. The lowest BCUT2D eigenvalue weighted by Gasteiger charge is -2.43. The Morgan fingerprint density at radius 3 is 2.63 bits per heavy atom. The van der Waals surface area contributed by atoms with Gasteiger partial charge in [-0.1, -0.05) is 37.3 Å². The number of pyridine rings is 1. The zero-order valence-electron chi connectivity index (χ0n) is 18.2. The minimum absolute atomic E-state index is 0.121. The Labute approximate surface area is 179 Å². The van der Waals surface area contributed by atoms with Gasteiger partial charge in [0.1, 0.15) is 0 Å². The van der Waals surface area contributed by atoms with E-state index < -0.39 is 5.41 Å². The van der Waals surface area contributed by atoms with E-state index in [1.807, 2.05) is 43.4 Å². The third kappa shape index (κ3) is 4.11. The number of likely N-dealkylation sites (tertiary alicyclic amines) is 1. The van der Waals surface area contributed by atoms with Crippen LogP contribution in [0.2, 0.25) is 0 Å². The Morgan fingerprint density at radius 2 is 1.97 bits per heavy atom. The number of piperidine rings is 1. The molecular weight excluding hydrogens is 374 g/mol.